The number of nitrogens with zero attached hydrogens (tertiary/aromatic N) is 1. The molecule has 0 spiro atoms. The Bertz CT molecular complexity index is 817. The summed E-state index contributed by atoms with van der Waals surface area (Å²) in [4.78, 5) is 35.0. The highest BCUT2D eigenvalue weighted by Crippen LogP contribution is 2.21. The fraction of sp³-hybridized carbons (Fsp3) is 0.300. The molecule has 0 aliphatic heterocycles. The van der Waals surface area contributed by atoms with E-state index in [4.69, 9.17) is 4.74 Å². The number of hydrogen-bond donors (Lipinski definition) is 1. The van der Waals surface area contributed by atoms with Crippen molar-refractivity contribution in [3.8, 4) is 5.75 Å². The third-order valence-corrected chi connectivity index (χ3v) is 4.15. The minimum atomic E-state index is -0.830. The van der Waals surface area contributed by atoms with Crippen molar-refractivity contribution in [2.24, 2.45) is 11.1 Å². The van der Waals surface area contributed by atoms with Crippen molar-refractivity contribution in [2.45, 2.75) is 26.7 Å². The van der Waals surface area contributed by atoms with E-state index < -0.39 is 11.8 Å². The highest BCUT2D eigenvalue weighted by molar-refractivity contribution is 5.95. The van der Waals surface area contributed by atoms with Gasteiger partial charge in [-0.25, -0.2) is 0 Å². The molecule has 0 radical (unpaired) electrons. The Morgan fingerprint density at radius 2 is 1.92 bits per heavy atom. The van der Waals surface area contributed by atoms with Gasteiger partial charge in [0.05, 0.1) is 13.0 Å². The van der Waals surface area contributed by atoms with Crippen LogP contribution in [0.25, 0.3) is 0 Å². The molecule has 0 saturated carbocycles. The van der Waals surface area contributed by atoms with Gasteiger partial charge in [0.25, 0.3) is 5.91 Å². The topological polar surface area (TPSA) is 84.8 Å². The van der Waals surface area contributed by atoms with Gasteiger partial charge < -0.3 is 10.1 Å². The molecular weight excluding hydrogens is 332 g/mol. The molecule has 0 heterocycles. The third-order valence-electron chi connectivity index (χ3n) is 4.15. The largest absolute Gasteiger partial charge is 0.497 e. The lowest BCUT2D eigenvalue weighted by Crippen LogP contribution is -2.23. The first-order valence-electron chi connectivity index (χ1n) is 8.30. The number of benzene rings is 2. The number of ether oxygens (including phenoxy) is 1. The molecule has 2 rings (SSSR count). The molecule has 0 aromatic heterocycles. The minimum absolute atomic E-state index is 0.116. The van der Waals surface area contributed by atoms with Crippen LogP contribution < -0.4 is 10.1 Å². The molecule has 1 atom stereocenters. The van der Waals surface area contributed by atoms with Crippen molar-refractivity contribution in [3.63, 3.8) is 0 Å². The zero-order chi connectivity index (χ0) is 19.1. The molecule has 26 heavy (non-hydrogen) atoms. The van der Waals surface area contributed by atoms with E-state index in [-0.39, 0.29) is 18.7 Å². The van der Waals surface area contributed by atoms with Gasteiger partial charge >= 0.3 is 0 Å². The van der Waals surface area contributed by atoms with E-state index >= 15 is 0 Å². The Labute approximate surface area is 152 Å². The maximum absolute atomic E-state index is 12.4. The van der Waals surface area contributed by atoms with Crippen LogP contribution in [-0.2, 0) is 16.0 Å². The van der Waals surface area contributed by atoms with Gasteiger partial charge in [-0.1, -0.05) is 24.3 Å². The quantitative estimate of drug-likeness (QED) is 0.767. The van der Waals surface area contributed by atoms with Crippen molar-refractivity contribution < 1.29 is 14.3 Å². The average molecular weight is 354 g/mol. The smallest absolute Gasteiger partial charge is 0.290 e. The summed E-state index contributed by atoms with van der Waals surface area (Å²) in [6.45, 7) is 3.82. The summed E-state index contributed by atoms with van der Waals surface area (Å²) < 4.78 is 5.16. The molecule has 2 amide bonds. The number of methoxy groups -OCH3 is 1. The van der Waals surface area contributed by atoms with Crippen LogP contribution in [0, 0.1) is 24.7 Å². The number of carbonyl (C=O) groups excluding carboxylic acids is 2. The molecule has 0 saturated heterocycles. The van der Waals surface area contributed by atoms with Crippen LogP contribution in [0.15, 0.2) is 47.6 Å². The summed E-state index contributed by atoms with van der Waals surface area (Å²) >= 11 is 0. The second kappa shape index (κ2) is 8.89. The van der Waals surface area contributed by atoms with E-state index in [0.717, 1.165) is 16.7 Å². The molecule has 0 aliphatic rings. The molecule has 2 aromatic rings. The Morgan fingerprint density at radius 1 is 1.15 bits per heavy atom. The van der Waals surface area contributed by atoms with Gasteiger partial charge in [0.2, 0.25) is 5.91 Å². The first-order chi connectivity index (χ1) is 12.4. The van der Waals surface area contributed by atoms with Crippen molar-refractivity contribution in [2.75, 3.05) is 12.4 Å². The molecule has 0 fully saturated rings. The second-order valence-electron chi connectivity index (χ2n) is 6.25. The standard InChI is InChI=1S/C20H22N2O4/c1-13-7-8-14(2)18(9-13)21-19(23)12-16(20(24)22-25)10-15-5-4-6-17(11-15)26-3/h4-9,11,16H,10,12H2,1-3H3,(H,21,23). The van der Waals surface area contributed by atoms with Crippen LogP contribution in [0.5, 0.6) is 5.75 Å². The number of aryl methyl sites for hydroxylation is 2. The van der Waals surface area contributed by atoms with Gasteiger partial charge in [0, 0.05) is 17.3 Å². The van der Waals surface area contributed by atoms with Gasteiger partial charge in [-0.2, -0.15) is 0 Å². The minimum Gasteiger partial charge on any atom is -0.497 e. The van der Waals surface area contributed by atoms with Gasteiger partial charge in [-0.15, -0.1) is 4.91 Å². The summed E-state index contributed by atoms with van der Waals surface area (Å²) in [6.07, 6.45) is 0.122. The highest BCUT2D eigenvalue weighted by atomic mass is 16.5. The number of hydrogen-bond acceptors (Lipinski definition) is 4. The molecule has 0 aliphatic carbocycles. The summed E-state index contributed by atoms with van der Waals surface area (Å²) in [5.41, 5.74) is 3.44. The molecule has 136 valence electrons. The van der Waals surface area contributed by atoms with Crippen LogP contribution in [0.1, 0.15) is 23.1 Å². The molecule has 1 N–H and O–H groups in total. The van der Waals surface area contributed by atoms with E-state index in [0.29, 0.717) is 11.4 Å². The summed E-state index contributed by atoms with van der Waals surface area (Å²) in [5.74, 6) is -1.33. The Morgan fingerprint density at radius 3 is 2.62 bits per heavy atom. The van der Waals surface area contributed by atoms with Gasteiger partial charge in [-0.3, -0.25) is 9.59 Å². The molecule has 6 heteroatoms. The Hall–Kier alpha value is -3.02. The molecule has 1 unspecified atom stereocenters. The fourth-order valence-electron chi connectivity index (χ4n) is 2.70. The number of rotatable bonds is 7. The van der Waals surface area contributed by atoms with Crippen LogP contribution in [0.2, 0.25) is 0 Å². The van der Waals surface area contributed by atoms with Crippen LogP contribution in [0.3, 0.4) is 0 Å². The lowest BCUT2D eigenvalue weighted by atomic mass is 9.95. The van der Waals surface area contributed by atoms with Gasteiger partial charge in [0.15, 0.2) is 0 Å². The first-order valence-corrected chi connectivity index (χ1v) is 8.30. The lowest BCUT2D eigenvalue weighted by molar-refractivity contribution is -0.126. The highest BCUT2D eigenvalue weighted by Gasteiger charge is 2.23. The van der Waals surface area contributed by atoms with Gasteiger partial charge in [-0.05, 0) is 55.2 Å². The van der Waals surface area contributed by atoms with E-state index in [1.807, 2.05) is 38.1 Å². The van der Waals surface area contributed by atoms with Crippen LogP contribution in [0.4, 0.5) is 5.69 Å². The second-order valence-corrected chi connectivity index (χ2v) is 6.25. The lowest BCUT2D eigenvalue weighted by Gasteiger charge is -2.14. The summed E-state index contributed by atoms with van der Waals surface area (Å²) in [6, 6.07) is 12.9. The van der Waals surface area contributed by atoms with E-state index in [2.05, 4.69) is 10.5 Å². The monoisotopic (exact) mass is 354 g/mol. The third kappa shape index (κ3) is 5.24. The van der Waals surface area contributed by atoms with Crippen molar-refractivity contribution >= 4 is 17.5 Å². The molecule has 2 aromatic carbocycles. The SMILES string of the molecule is COc1cccc(CC(CC(=O)Nc2cc(C)ccc2C)C(=O)N=O)c1. The molecule has 6 nitrogen and oxygen atoms in total. The van der Waals surface area contributed by atoms with E-state index in [1.54, 1.807) is 25.3 Å². The van der Waals surface area contributed by atoms with E-state index in [1.165, 1.54) is 0 Å². The van der Waals surface area contributed by atoms with Crippen molar-refractivity contribution in [1.82, 2.24) is 0 Å². The zero-order valence-electron chi connectivity index (χ0n) is 15.1. The van der Waals surface area contributed by atoms with E-state index in [9.17, 15) is 14.5 Å². The number of nitroso groups, excluding NO2 is 1. The van der Waals surface area contributed by atoms with Crippen LogP contribution >= 0.6 is 0 Å². The number of nitrogens with one attached hydrogen (secondary N) is 1. The molecule has 0 bridgehead atoms. The average Bonchev–Trinajstić information content (AvgIpc) is 2.63. The van der Waals surface area contributed by atoms with Crippen molar-refractivity contribution in [3.05, 3.63) is 64.1 Å². The maximum atomic E-state index is 12.4. The fourth-order valence-corrected chi connectivity index (χ4v) is 2.70. The number of amides is 2. The maximum Gasteiger partial charge on any atom is 0.290 e. The van der Waals surface area contributed by atoms with Gasteiger partial charge in [0.1, 0.15) is 5.75 Å². The predicted molar refractivity (Wildman–Crippen MR) is 100 cm³/mol. The van der Waals surface area contributed by atoms with Crippen LogP contribution in [-0.4, -0.2) is 18.9 Å². The van der Waals surface area contributed by atoms with Crippen molar-refractivity contribution in [1.29, 1.82) is 0 Å². The number of anilines is 1. The predicted octanol–water partition coefficient (Wildman–Crippen LogP) is 3.79. The normalized spacial score (nSPS) is 11.5. The molecular formula is C20H22N2O4. The number of carbonyl (C=O) groups is 2. The summed E-state index contributed by atoms with van der Waals surface area (Å²) in [7, 11) is 1.55. The zero-order valence-corrected chi connectivity index (χ0v) is 15.1. The summed E-state index contributed by atoms with van der Waals surface area (Å²) in [5, 5.41) is 5.33. The Kier molecular flexibility index (Phi) is 6.60. The first kappa shape index (κ1) is 19.3. The Balaban J connectivity index is 2.11.